The maximum Gasteiger partial charge on any atom is 0.276 e. The Morgan fingerprint density at radius 2 is 1.87 bits per heavy atom. The molecule has 6 heteroatoms. The molecular formula is C9H8N2O4. The van der Waals surface area contributed by atoms with Crippen LogP contribution in [0.25, 0.3) is 6.08 Å². The molecule has 0 N–H and O–H groups in total. The van der Waals surface area contributed by atoms with Crippen LogP contribution in [-0.2, 0) is 0 Å². The Morgan fingerprint density at radius 3 is 2.40 bits per heavy atom. The first-order valence-corrected chi connectivity index (χ1v) is 4.08. The van der Waals surface area contributed by atoms with Gasteiger partial charge in [-0.2, -0.15) is 0 Å². The Balaban J connectivity index is 3.20. The molecule has 0 aliphatic heterocycles. The maximum atomic E-state index is 10.6. The Bertz CT molecular complexity index is 439. The second-order valence-electron chi connectivity index (χ2n) is 2.86. The van der Waals surface area contributed by atoms with Crippen molar-refractivity contribution in [3.63, 3.8) is 0 Å². The van der Waals surface area contributed by atoms with Gasteiger partial charge in [-0.15, -0.1) is 0 Å². The quantitative estimate of drug-likeness (QED) is 0.562. The van der Waals surface area contributed by atoms with Gasteiger partial charge >= 0.3 is 0 Å². The number of nitrogens with zero attached hydrogens (tertiary/aromatic N) is 2. The summed E-state index contributed by atoms with van der Waals surface area (Å²) in [5.74, 6) is 0. The fourth-order valence-corrected chi connectivity index (χ4v) is 1.05. The molecule has 0 unspecified atom stereocenters. The first-order chi connectivity index (χ1) is 7.02. The maximum absolute atomic E-state index is 10.6. The summed E-state index contributed by atoms with van der Waals surface area (Å²) in [7, 11) is 0. The topological polar surface area (TPSA) is 86.3 Å². The molecule has 0 fully saturated rings. The van der Waals surface area contributed by atoms with Crippen LogP contribution < -0.4 is 0 Å². The highest BCUT2D eigenvalue weighted by molar-refractivity contribution is 5.61. The van der Waals surface area contributed by atoms with E-state index in [0.29, 0.717) is 0 Å². The van der Waals surface area contributed by atoms with E-state index in [2.05, 4.69) is 0 Å². The van der Waals surface area contributed by atoms with E-state index in [1.165, 1.54) is 31.2 Å². The third-order valence-corrected chi connectivity index (χ3v) is 1.79. The molecule has 0 aliphatic carbocycles. The number of nitro benzene ring substituents is 1. The first kappa shape index (κ1) is 10.8. The third kappa shape index (κ3) is 2.60. The molecule has 0 heterocycles. The highest BCUT2D eigenvalue weighted by Gasteiger charge is 2.12. The molecule has 1 aromatic rings. The average Bonchev–Trinajstić information content (AvgIpc) is 2.18. The van der Waals surface area contributed by atoms with Gasteiger partial charge in [-0.1, -0.05) is 12.1 Å². The van der Waals surface area contributed by atoms with Crippen LogP contribution in [0.5, 0.6) is 0 Å². The van der Waals surface area contributed by atoms with Crippen molar-refractivity contribution < 1.29 is 9.85 Å². The summed E-state index contributed by atoms with van der Waals surface area (Å²) in [5, 5.41) is 20.9. The van der Waals surface area contributed by atoms with Crippen molar-refractivity contribution in [2.24, 2.45) is 0 Å². The van der Waals surface area contributed by atoms with E-state index in [1.54, 1.807) is 6.07 Å². The van der Waals surface area contributed by atoms with E-state index in [-0.39, 0.29) is 16.9 Å². The Morgan fingerprint density at radius 1 is 1.27 bits per heavy atom. The number of allylic oxidation sites excluding steroid dienone is 1. The van der Waals surface area contributed by atoms with Crippen LogP contribution in [0.2, 0.25) is 0 Å². The summed E-state index contributed by atoms with van der Waals surface area (Å²) in [5.41, 5.74) is -0.0419. The molecule has 0 spiro atoms. The van der Waals surface area contributed by atoms with Crippen molar-refractivity contribution in [2.45, 2.75) is 6.92 Å². The molecule has 1 rings (SSSR count). The molecule has 78 valence electrons. The van der Waals surface area contributed by atoms with Crippen LogP contribution in [0.4, 0.5) is 5.69 Å². The molecule has 0 aromatic heterocycles. The lowest BCUT2D eigenvalue weighted by Gasteiger charge is -1.96. The summed E-state index contributed by atoms with van der Waals surface area (Å²) < 4.78 is 0. The van der Waals surface area contributed by atoms with E-state index in [9.17, 15) is 20.2 Å². The SMILES string of the molecule is C/C(=C/c1ccccc1[N+](=O)[O-])[N+](=O)[O-]. The summed E-state index contributed by atoms with van der Waals surface area (Å²) >= 11 is 0. The molecular weight excluding hydrogens is 200 g/mol. The van der Waals surface area contributed by atoms with E-state index in [4.69, 9.17) is 0 Å². The van der Waals surface area contributed by atoms with Gasteiger partial charge in [-0.3, -0.25) is 20.2 Å². The summed E-state index contributed by atoms with van der Waals surface area (Å²) in [6.07, 6.45) is 1.18. The summed E-state index contributed by atoms with van der Waals surface area (Å²) in [6, 6.07) is 5.87. The highest BCUT2D eigenvalue weighted by Crippen LogP contribution is 2.20. The summed E-state index contributed by atoms with van der Waals surface area (Å²) in [6.45, 7) is 1.29. The minimum absolute atomic E-state index is 0.135. The van der Waals surface area contributed by atoms with Crippen LogP contribution in [0.15, 0.2) is 30.0 Å². The lowest BCUT2D eigenvalue weighted by Crippen LogP contribution is -1.95. The first-order valence-electron chi connectivity index (χ1n) is 4.08. The fourth-order valence-electron chi connectivity index (χ4n) is 1.05. The van der Waals surface area contributed by atoms with Crippen molar-refractivity contribution in [3.8, 4) is 0 Å². The normalized spacial score (nSPS) is 11.1. The number of benzene rings is 1. The Labute approximate surface area is 85.1 Å². The predicted molar refractivity (Wildman–Crippen MR) is 53.7 cm³/mol. The van der Waals surface area contributed by atoms with Gasteiger partial charge in [-0.05, 0) is 6.07 Å². The molecule has 15 heavy (non-hydrogen) atoms. The van der Waals surface area contributed by atoms with Gasteiger partial charge in [0.1, 0.15) is 0 Å². The monoisotopic (exact) mass is 208 g/mol. The van der Waals surface area contributed by atoms with Crippen molar-refractivity contribution in [1.29, 1.82) is 0 Å². The van der Waals surface area contributed by atoms with E-state index >= 15 is 0 Å². The second kappa shape index (κ2) is 4.32. The van der Waals surface area contributed by atoms with Gasteiger partial charge in [0.2, 0.25) is 5.70 Å². The van der Waals surface area contributed by atoms with E-state index < -0.39 is 9.85 Å². The van der Waals surface area contributed by atoms with Gasteiger partial charge in [0.25, 0.3) is 5.69 Å². The fraction of sp³-hybridized carbons (Fsp3) is 0.111. The van der Waals surface area contributed by atoms with Crippen molar-refractivity contribution in [3.05, 3.63) is 55.8 Å². The molecule has 6 nitrogen and oxygen atoms in total. The molecule has 0 atom stereocenters. The van der Waals surface area contributed by atoms with Crippen LogP contribution in [0.3, 0.4) is 0 Å². The number of rotatable bonds is 3. The predicted octanol–water partition coefficient (Wildman–Crippen LogP) is 2.23. The third-order valence-electron chi connectivity index (χ3n) is 1.79. The Hall–Kier alpha value is -2.24. The standard InChI is InChI=1S/C9H8N2O4/c1-7(10(12)13)6-8-4-2-3-5-9(8)11(14)15/h2-6H,1H3/b7-6-. The zero-order valence-corrected chi connectivity index (χ0v) is 7.91. The van der Waals surface area contributed by atoms with Gasteiger partial charge in [-0.25, -0.2) is 0 Å². The molecule has 0 aliphatic rings. The van der Waals surface area contributed by atoms with Crippen LogP contribution >= 0.6 is 0 Å². The highest BCUT2D eigenvalue weighted by atomic mass is 16.6. The second-order valence-corrected chi connectivity index (χ2v) is 2.86. The zero-order valence-electron chi connectivity index (χ0n) is 7.91. The molecule has 0 bridgehead atoms. The van der Waals surface area contributed by atoms with Crippen molar-refractivity contribution in [2.75, 3.05) is 0 Å². The number of nitro groups is 2. The largest absolute Gasteiger partial charge is 0.276 e. The van der Waals surface area contributed by atoms with Crippen LogP contribution in [0, 0.1) is 20.2 Å². The number of hydrogen-bond acceptors (Lipinski definition) is 4. The smallest absolute Gasteiger partial charge is 0.259 e. The lowest BCUT2D eigenvalue weighted by atomic mass is 10.1. The number of hydrogen-bond donors (Lipinski definition) is 0. The summed E-state index contributed by atoms with van der Waals surface area (Å²) in [4.78, 5) is 19.8. The minimum Gasteiger partial charge on any atom is -0.259 e. The minimum atomic E-state index is -0.587. The average molecular weight is 208 g/mol. The van der Waals surface area contributed by atoms with Crippen molar-refractivity contribution in [1.82, 2.24) is 0 Å². The lowest BCUT2D eigenvalue weighted by molar-refractivity contribution is -0.422. The number of para-hydroxylation sites is 1. The molecule has 1 aromatic carbocycles. The van der Waals surface area contributed by atoms with Gasteiger partial charge < -0.3 is 0 Å². The van der Waals surface area contributed by atoms with E-state index in [0.717, 1.165) is 0 Å². The Kier molecular flexibility index (Phi) is 3.12. The zero-order chi connectivity index (χ0) is 11.4. The van der Waals surface area contributed by atoms with Gasteiger partial charge in [0.15, 0.2) is 0 Å². The van der Waals surface area contributed by atoms with Gasteiger partial charge in [0.05, 0.1) is 15.4 Å². The molecule has 0 saturated carbocycles. The van der Waals surface area contributed by atoms with E-state index in [1.807, 2.05) is 0 Å². The molecule has 0 amide bonds. The van der Waals surface area contributed by atoms with Crippen LogP contribution in [-0.4, -0.2) is 9.85 Å². The molecule has 0 saturated heterocycles. The molecule has 0 radical (unpaired) electrons. The van der Waals surface area contributed by atoms with Gasteiger partial charge in [0, 0.05) is 19.1 Å². The van der Waals surface area contributed by atoms with Crippen molar-refractivity contribution >= 4 is 11.8 Å². The van der Waals surface area contributed by atoms with Crippen LogP contribution in [0.1, 0.15) is 12.5 Å².